The molecule has 3 aromatic heterocycles. The zero-order valence-corrected chi connectivity index (χ0v) is 21.5. The molecule has 6 rings (SSSR count). The molecule has 184 valence electrons. The van der Waals surface area contributed by atoms with Gasteiger partial charge in [0.1, 0.15) is 22.1 Å². The average molecular weight is 541 g/mol. The third-order valence-corrected chi connectivity index (χ3v) is 8.76. The number of thiazole rings is 1. The van der Waals surface area contributed by atoms with Gasteiger partial charge < -0.3 is 14.4 Å². The molecule has 4 aromatic rings. The number of nitrogens with zero attached hydrogens (tertiary/aromatic N) is 4. The standard InChI is InChI=1S/C26H22Cl2N4O3S/c1-29-15-4-5-20-21(10-15)36-25(31-20)26(33)8-6-16(7-9-26)34-13-17-23(32-35-24(17)14-2-3-14)22-18(27)11-30-12-19(22)28/h4-5,10-12,14,16,33H,2-3,6-9,13H2. The molecule has 1 N–H and O–H groups in total. The Bertz CT molecular complexity index is 1460. The van der Waals surface area contributed by atoms with Gasteiger partial charge in [-0.3, -0.25) is 4.98 Å². The van der Waals surface area contributed by atoms with Crippen LogP contribution in [0.5, 0.6) is 0 Å². The molecule has 0 amide bonds. The fraction of sp³-hybridized carbons (Fsp3) is 0.385. The van der Waals surface area contributed by atoms with Gasteiger partial charge in [-0.05, 0) is 50.7 Å². The van der Waals surface area contributed by atoms with E-state index in [2.05, 4.69) is 20.0 Å². The minimum absolute atomic E-state index is 0.00782. The van der Waals surface area contributed by atoms with Crippen molar-refractivity contribution in [2.24, 2.45) is 0 Å². The number of hydrogen-bond donors (Lipinski definition) is 1. The Labute approximate surface area is 221 Å². The minimum Gasteiger partial charge on any atom is -0.383 e. The summed E-state index contributed by atoms with van der Waals surface area (Å²) in [5.41, 5.74) is 2.51. The van der Waals surface area contributed by atoms with Gasteiger partial charge in [-0.1, -0.05) is 34.4 Å². The molecule has 0 aliphatic heterocycles. The van der Waals surface area contributed by atoms with Crippen molar-refractivity contribution in [2.75, 3.05) is 0 Å². The van der Waals surface area contributed by atoms with Crippen molar-refractivity contribution in [1.29, 1.82) is 0 Å². The molecule has 0 spiro atoms. The summed E-state index contributed by atoms with van der Waals surface area (Å²) in [5.74, 6) is 1.19. The molecule has 2 aliphatic carbocycles. The summed E-state index contributed by atoms with van der Waals surface area (Å²) < 4.78 is 13.0. The second-order valence-corrected chi connectivity index (χ2v) is 11.3. The van der Waals surface area contributed by atoms with Crippen LogP contribution in [0.3, 0.4) is 0 Å². The number of halogens is 2. The molecule has 0 unspecified atom stereocenters. The Morgan fingerprint density at radius 2 is 1.92 bits per heavy atom. The first-order chi connectivity index (χ1) is 17.4. The van der Waals surface area contributed by atoms with Crippen molar-refractivity contribution < 1.29 is 14.4 Å². The summed E-state index contributed by atoms with van der Waals surface area (Å²) >= 11 is 14.3. The van der Waals surface area contributed by atoms with Gasteiger partial charge >= 0.3 is 0 Å². The van der Waals surface area contributed by atoms with E-state index < -0.39 is 5.60 Å². The lowest BCUT2D eigenvalue weighted by atomic mass is 9.83. The normalized spacial score (nSPS) is 22.1. The van der Waals surface area contributed by atoms with Crippen LogP contribution in [-0.4, -0.2) is 26.3 Å². The molecule has 10 heteroatoms. The maximum absolute atomic E-state index is 11.4. The van der Waals surface area contributed by atoms with E-state index in [4.69, 9.17) is 39.0 Å². The molecule has 2 fully saturated rings. The van der Waals surface area contributed by atoms with Gasteiger partial charge in [0.15, 0.2) is 5.69 Å². The Kier molecular flexibility index (Phi) is 6.22. The summed E-state index contributed by atoms with van der Waals surface area (Å²) in [5, 5.41) is 17.2. The van der Waals surface area contributed by atoms with Crippen molar-refractivity contribution in [3.63, 3.8) is 0 Å². The van der Waals surface area contributed by atoms with Crippen molar-refractivity contribution in [1.82, 2.24) is 15.1 Å². The van der Waals surface area contributed by atoms with Crippen LogP contribution in [-0.2, 0) is 16.9 Å². The molecule has 36 heavy (non-hydrogen) atoms. The van der Waals surface area contributed by atoms with Crippen molar-refractivity contribution in [3.8, 4) is 11.3 Å². The first-order valence-electron chi connectivity index (χ1n) is 11.9. The number of ether oxygens (including phenoxy) is 1. The van der Waals surface area contributed by atoms with Gasteiger partial charge in [-0.25, -0.2) is 9.83 Å². The van der Waals surface area contributed by atoms with Crippen molar-refractivity contribution in [3.05, 3.63) is 68.4 Å². The summed E-state index contributed by atoms with van der Waals surface area (Å²) in [6.07, 6.45) is 7.74. The molecule has 7 nitrogen and oxygen atoms in total. The van der Waals surface area contributed by atoms with Gasteiger partial charge in [-0.2, -0.15) is 0 Å². The van der Waals surface area contributed by atoms with Crippen LogP contribution in [0.2, 0.25) is 10.0 Å². The van der Waals surface area contributed by atoms with Crippen LogP contribution in [0.4, 0.5) is 5.69 Å². The fourth-order valence-electron chi connectivity index (χ4n) is 4.79. The molecule has 2 aliphatic rings. The second-order valence-electron chi connectivity index (χ2n) is 9.45. The van der Waals surface area contributed by atoms with Crippen LogP contribution in [0.15, 0.2) is 35.1 Å². The van der Waals surface area contributed by atoms with Crippen LogP contribution >= 0.6 is 34.5 Å². The van der Waals surface area contributed by atoms with Crippen LogP contribution in [0.1, 0.15) is 60.8 Å². The van der Waals surface area contributed by atoms with E-state index in [1.54, 1.807) is 18.5 Å². The number of aliphatic hydroxyl groups is 1. The molecule has 0 bridgehead atoms. The summed E-state index contributed by atoms with van der Waals surface area (Å²) in [7, 11) is 0. The van der Waals surface area contributed by atoms with Gasteiger partial charge in [0.2, 0.25) is 0 Å². The maximum Gasteiger partial charge on any atom is 0.188 e. The van der Waals surface area contributed by atoms with Crippen LogP contribution in [0, 0.1) is 6.57 Å². The topological polar surface area (TPSA) is 85.6 Å². The van der Waals surface area contributed by atoms with Crippen LogP contribution in [0.25, 0.3) is 26.3 Å². The zero-order valence-electron chi connectivity index (χ0n) is 19.2. The highest BCUT2D eigenvalue weighted by Crippen LogP contribution is 2.47. The first kappa shape index (κ1) is 23.8. The number of rotatable bonds is 6. The van der Waals surface area contributed by atoms with Gasteiger partial charge in [-0.15, -0.1) is 11.3 Å². The van der Waals surface area contributed by atoms with E-state index >= 15 is 0 Å². The zero-order chi connectivity index (χ0) is 24.9. The Hall–Kier alpha value is -2.54. The predicted molar refractivity (Wildman–Crippen MR) is 139 cm³/mol. The molecule has 1 aromatic carbocycles. The monoisotopic (exact) mass is 540 g/mol. The number of hydrogen-bond acceptors (Lipinski definition) is 7. The Balaban J connectivity index is 1.17. The number of aromatic nitrogens is 3. The molecule has 0 atom stereocenters. The van der Waals surface area contributed by atoms with E-state index in [0.717, 1.165) is 34.4 Å². The molecule has 2 saturated carbocycles. The largest absolute Gasteiger partial charge is 0.383 e. The lowest BCUT2D eigenvalue weighted by Gasteiger charge is -2.34. The van der Waals surface area contributed by atoms with Gasteiger partial charge in [0, 0.05) is 34.1 Å². The Morgan fingerprint density at radius 1 is 1.17 bits per heavy atom. The molecule has 3 heterocycles. The first-order valence-corrected chi connectivity index (χ1v) is 13.4. The quantitative estimate of drug-likeness (QED) is 0.256. The molecular formula is C26H22Cl2N4O3S. The smallest absolute Gasteiger partial charge is 0.188 e. The van der Waals surface area contributed by atoms with E-state index in [0.29, 0.717) is 70.2 Å². The minimum atomic E-state index is -0.985. The van der Waals surface area contributed by atoms with E-state index in [-0.39, 0.29) is 6.10 Å². The lowest BCUT2D eigenvalue weighted by molar-refractivity contribution is -0.0640. The van der Waals surface area contributed by atoms with Crippen LogP contribution < -0.4 is 0 Å². The Morgan fingerprint density at radius 3 is 2.61 bits per heavy atom. The SMILES string of the molecule is [C-]#[N+]c1ccc2nc(C3(O)CCC(OCc4c(-c5c(Cl)cncc5Cl)noc4C4CC4)CC3)sc2c1. The van der Waals surface area contributed by atoms with E-state index in [1.807, 2.05) is 12.1 Å². The third kappa shape index (κ3) is 4.40. The molecular weight excluding hydrogens is 519 g/mol. The lowest BCUT2D eigenvalue weighted by Crippen LogP contribution is -2.34. The number of fused-ring (bicyclic) bond motifs is 1. The fourth-order valence-corrected chi connectivity index (χ4v) is 6.48. The highest BCUT2D eigenvalue weighted by Gasteiger charge is 2.39. The number of benzene rings is 1. The van der Waals surface area contributed by atoms with E-state index in [1.165, 1.54) is 11.3 Å². The predicted octanol–water partition coefficient (Wildman–Crippen LogP) is 7.43. The molecule has 0 saturated heterocycles. The maximum atomic E-state index is 11.4. The van der Waals surface area contributed by atoms with E-state index in [9.17, 15) is 5.11 Å². The van der Waals surface area contributed by atoms with Crippen molar-refractivity contribution in [2.45, 2.75) is 62.8 Å². The highest BCUT2D eigenvalue weighted by atomic mass is 35.5. The molecule has 0 radical (unpaired) electrons. The summed E-state index contributed by atoms with van der Waals surface area (Å²) in [6.45, 7) is 7.55. The number of pyridine rings is 1. The van der Waals surface area contributed by atoms with Crippen molar-refractivity contribution >= 4 is 50.4 Å². The highest BCUT2D eigenvalue weighted by molar-refractivity contribution is 7.18. The van der Waals surface area contributed by atoms with Gasteiger partial charge in [0.05, 0.1) is 34.8 Å². The van der Waals surface area contributed by atoms with Gasteiger partial charge in [0.25, 0.3) is 0 Å². The summed E-state index contributed by atoms with van der Waals surface area (Å²) in [6, 6.07) is 5.43. The average Bonchev–Trinajstić information content (AvgIpc) is 3.49. The second kappa shape index (κ2) is 9.40. The third-order valence-electron chi connectivity index (χ3n) is 6.98. The summed E-state index contributed by atoms with van der Waals surface area (Å²) in [4.78, 5) is 12.2.